The average molecular weight is 295 g/mol. The van der Waals surface area contributed by atoms with E-state index in [2.05, 4.69) is 15.2 Å². The predicted molar refractivity (Wildman–Crippen MR) is 76.3 cm³/mol. The molecule has 0 amide bonds. The SMILES string of the molecule is Cc1nn(C)cc1CNC(C)c1ccccc1OC(F)F. The Kier molecular flexibility index (Phi) is 4.90. The van der Waals surface area contributed by atoms with Gasteiger partial charge in [0.05, 0.1) is 5.69 Å². The van der Waals surface area contributed by atoms with Crippen molar-refractivity contribution in [1.29, 1.82) is 0 Å². The lowest BCUT2D eigenvalue weighted by Gasteiger charge is -2.17. The number of benzene rings is 1. The monoisotopic (exact) mass is 295 g/mol. The molecule has 1 aromatic carbocycles. The van der Waals surface area contributed by atoms with Crippen LogP contribution in [0.5, 0.6) is 5.75 Å². The summed E-state index contributed by atoms with van der Waals surface area (Å²) in [6, 6.07) is 6.71. The quantitative estimate of drug-likeness (QED) is 0.889. The Morgan fingerprint density at radius 1 is 1.33 bits per heavy atom. The first-order valence-corrected chi connectivity index (χ1v) is 6.73. The molecule has 0 aliphatic carbocycles. The van der Waals surface area contributed by atoms with Gasteiger partial charge in [0.2, 0.25) is 0 Å². The molecule has 6 heteroatoms. The average Bonchev–Trinajstić information content (AvgIpc) is 2.74. The summed E-state index contributed by atoms with van der Waals surface area (Å²) >= 11 is 0. The van der Waals surface area contributed by atoms with Gasteiger partial charge >= 0.3 is 6.61 Å². The van der Waals surface area contributed by atoms with Gasteiger partial charge in [0.15, 0.2) is 0 Å². The zero-order valence-electron chi connectivity index (χ0n) is 12.3. The smallest absolute Gasteiger partial charge is 0.387 e. The third-order valence-corrected chi connectivity index (χ3v) is 3.32. The van der Waals surface area contributed by atoms with Crippen molar-refractivity contribution in [2.75, 3.05) is 0 Å². The van der Waals surface area contributed by atoms with Gasteiger partial charge in [-0.3, -0.25) is 4.68 Å². The van der Waals surface area contributed by atoms with E-state index in [0.717, 1.165) is 11.3 Å². The summed E-state index contributed by atoms with van der Waals surface area (Å²) in [5.74, 6) is 0.204. The minimum atomic E-state index is -2.82. The zero-order chi connectivity index (χ0) is 15.4. The molecular weight excluding hydrogens is 276 g/mol. The summed E-state index contributed by atoms with van der Waals surface area (Å²) in [5.41, 5.74) is 2.74. The zero-order valence-corrected chi connectivity index (χ0v) is 12.3. The number of hydrogen-bond donors (Lipinski definition) is 1. The lowest BCUT2D eigenvalue weighted by atomic mass is 10.1. The molecule has 4 nitrogen and oxygen atoms in total. The van der Waals surface area contributed by atoms with Gasteiger partial charge in [-0.15, -0.1) is 0 Å². The van der Waals surface area contributed by atoms with Crippen LogP contribution in [0.1, 0.15) is 29.8 Å². The van der Waals surface area contributed by atoms with Crippen molar-refractivity contribution in [1.82, 2.24) is 15.1 Å². The molecular formula is C15H19F2N3O. The highest BCUT2D eigenvalue weighted by atomic mass is 19.3. The molecule has 1 aromatic heterocycles. The maximum Gasteiger partial charge on any atom is 0.387 e. The highest BCUT2D eigenvalue weighted by Crippen LogP contribution is 2.26. The number of rotatable bonds is 6. The van der Waals surface area contributed by atoms with Crippen molar-refractivity contribution in [2.24, 2.45) is 7.05 Å². The standard InChI is InChI=1S/C15H19F2N3O/c1-10-12(9-20(3)19-10)8-18-11(2)13-6-4-5-7-14(13)21-15(16)17/h4-7,9,11,15,18H,8H2,1-3H3. The van der Waals surface area contributed by atoms with Gasteiger partial charge in [0.1, 0.15) is 5.75 Å². The molecule has 1 N–H and O–H groups in total. The first-order valence-electron chi connectivity index (χ1n) is 6.73. The van der Waals surface area contributed by atoms with Crippen molar-refractivity contribution < 1.29 is 13.5 Å². The van der Waals surface area contributed by atoms with E-state index < -0.39 is 6.61 Å². The first kappa shape index (κ1) is 15.4. The summed E-state index contributed by atoms with van der Waals surface area (Å²) in [4.78, 5) is 0. The third kappa shape index (κ3) is 4.01. The van der Waals surface area contributed by atoms with Crippen LogP contribution in [0.3, 0.4) is 0 Å². The number of halogens is 2. The number of alkyl halides is 2. The molecule has 0 saturated heterocycles. The summed E-state index contributed by atoms with van der Waals surface area (Å²) in [7, 11) is 1.87. The number of ether oxygens (including phenoxy) is 1. The van der Waals surface area contributed by atoms with Crippen LogP contribution in [0.25, 0.3) is 0 Å². The van der Waals surface area contributed by atoms with Crippen LogP contribution >= 0.6 is 0 Å². The van der Waals surface area contributed by atoms with Crippen molar-refractivity contribution >= 4 is 0 Å². The van der Waals surface area contributed by atoms with E-state index in [4.69, 9.17) is 0 Å². The summed E-state index contributed by atoms with van der Waals surface area (Å²) in [6.07, 6.45) is 1.94. The molecule has 0 fully saturated rings. The fraction of sp³-hybridized carbons (Fsp3) is 0.400. The topological polar surface area (TPSA) is 39.1 Å². The van der Waals surface area contributed by atoms with Crippen molar-refractivity contribution in [3.05, 3.63) is 47.3 Å². The lowest BCUT2D eigenvalue weighted by molar-refractivity contribution is -0.0506. The molecule has 0 bridgehead atoms. The van der Waals surface area contributed by atoms with Crippen molar-refractivity contribution in [3.8, 4) is 5.75 Å². The molecule has 0 aliphatic rings. The van der Waals surface area contributed by atoms with Crippen LogP contribution in [0.15, 0.2) is 30.5 Å². The van der Waals surface area contributed by atoms with E-state index in [1.165, 1.54) is 0 Å². The first-order chi connectivity index (χ1) is 9.97. The van der Waals surface area contributed by atoms with Gasteiger partial charge in [-0.1, -0.05) is 18.2 Å². The molecule has 0 radical (unpaired) electrons. The Bertz CT molecular complexity index is 598. The Labute approximate surface area is 122 Å². The van der Waals surface area contributed by atoms with E-state index in [-0.39, 0.29) is 11.8 Å². The van der Waals surface area contributed by atoms with E-state index in [0.29, 0.717) is 12.1 Å². The van der Waals surface area contributed by atoms with E-state index in [1.54, 1.807) is 28.9 Å². The maximum absolute atomic E-state index is 12.4. The third-order valence-electron chi connectivity index (χ3n) is 3.32. The molecule has 0 saturated carbocycles. The normalized spacial score (nSPS) is 12.7. The van der Waals surface area contributed by atoms with E-state index in [9.17, 15) is 8.78 Å². The number of aromatic nitrogens is 2. The molecule has 2 aromatic rings. The summed E-state index contributed by atoms with van der Waals surface area (Å²) in [5, 5.41) is 7.58. The highest BCUT2D eigenvalue weighted by molar-refractivity contribution is 5.35. The Balaban J connectivity index is 2.06. The van der Waals surface area contributed by atoms with Crippen LogP contribution in [-0.2, 0) is 13.6 Å². The Hall–Kier alpha value is -1.95. The molecule has 0 spiro atoms. The molecule has 0 aliphatic heterocycles. The van der Waals surface area contributed by atoms with Crippen molar-refractivity contribution in [2.45, 2.75) is 33.0 Å². The second-order valence-electron chi connectivity index (χ2n) is 4.93. The predicted octanol–water partition coefficient (Wildman–Crippen LogP) is 3.18. The second-order valence-corrected chi connectivity index (χ2v) is 4.93. The van der Waals surface area contributed by atoms with Crippen LogP contribution in [-0.4, -0.2) is 16.4 Å². The number of nitrogens with one attached hydrogen (secondary N) is 1. The molecule has 1 atom stereocenters. The van der Waals surface area contributed by atoms with Crippen LogP contribution < -0.4 is 10.1 Å². The van der Waals surface area contributed by atoms with E-state index >= 15 is 0 Å². The molecule has 2 rings (SSSR count). The number of para-hydroxylation sites is 1. The largest absolute Gasteiger partial charge is 0.434 e. The van der Waals surface area contributed by atoms with Gasteiger partial charge < -0.3 is 10.1 Å². The van der Waals surface area contributed by atoms with Gasteiger partial charge in [-0.25, -0.2) is 0 Å². The van der Waals surface area contributed by atoms with E-state index in [1.807, 2.05) is 27.1 Å². The number of nitrogens with zero attached hydrogens (tertiary/aromatic N) is 2. The van der Waals surface area contributed by atoms with Crippen LogP contribution in [0.2, 0.25) is 0 Å². The summed E-state index contributed by atoms with van der Waals surface area (Å²) in [6.45, 7) is 1.65. The maximum atomic E-state index is 12.4. The number of aryl methyl sites for hydroxylation is 2. The molecule has 1 unspecified atom stereocenters. The van der Waals surface area contributed by atoms with Crippen molar-refractivity contribution in [3.63, 3.8) is 0 Å². The van der Waals surface area contributed by atoms with Gasteiger partial charge in [0, 0.05) is 37.0 Å². The number of hydrogen-bond acceptors (Lipinski definition) is 3. The highest BCUT2D eigenvalue weighted by Gasteiger charge is 2.14. The minimum Gasteiger partial charge on any atom is -0.434 e. The van der Waals surface area contributed by atoms with Gasteiger partial charge in [-0.2, -0.15) is 13.9 Å². The van der Waals surface area contributed by atoms with Crippen LogP contribution in [0.4, 0.5) is 8.78 Å². The molecule has 21 heavy (non-hydrogen) atoms. The summed E-state index contributed by atoms with van der Waals surface area (Å²) < 4.78 is 31.1. The lowest BCUT2D eigenvalue weighted by Crippen LogP contribution is -2.19. The van der Waals surface area contributed by atoms with Crippen LogP contribution in [0, 0.1) is 6.92 Å². The fourth-order valence-electron chi connectivity index (χ4n) is 2.24. The van der Waals surface area contributed by atoms with Gasteiger partial charge in [0.25, 0.3) is 0 Å². The Morgan fingerprint density at radius 2 is 2.05 bits per heavy atom. The molecule has 1 heterocycles. The minimum absolute atomic E-state index is 0.112. The Morgan fingerprint density at radius 3 is 2.67 bits per heavy atom. The molecule has 114 valence electrons. The fourth-order valence-corrected chi connectivity index (χ4v) is 2.24. The second kappa shape index (κ2) is 6.67. The van der Waals surface area contributed by atoms with Gasteiger partial charge in [-0.05, 0) is 19.9 Å².